The Morgan fingerprint density at radius 2 is 1.86 bits per heavy atom. The van der Waals surface area contributed by atoms with Gasteiger partial charge in [-0.25, -0.2) is 0 Å². The van der Waals surface area contributed by atoms with Crippen LogP contribution in [0.25, 0.3) is 6.08 Å². The number of carbonyl (C=O) groups excluding carboxylic acids is 3. The highest BCUT2D eigenvalue weighted by Gasteiger charge is 2.75. The van der Waals surface area contributed by atoms with Crippen LogP contribution in [0.3, 0.4) is 0 Å². The van der Waals surface area contributed by atoms with Crippen molar-refractivity contribution >= 4 is 23.9 Å². The number of hydrogen-bond donors (Lipinski definition) is 4. The van der Waals surface area contributed by atoms with Crippen LogP contribution in [0.5, 0.6) is 0 Å². The number of esters is 1. The van der Waals surface area contributed by atoms with E-state index in [1.807, 2.05) is 12.1 Å². The molecule has 0 radical (unpaired) electrons. The second-order valence-corrected chi connectivity index (χ2v) is 16.7. The Labute approximate surface area is 298 Å². The Hall–Kier alpha value is -2.91. The van der Waals surface area contributed by atoms with Gasteiger partial charge >= 0.3 is 5.97 Å². The van der Waals surface area contributed by atoms with Crippen LogP contribution in [0.15, 0.2) is 29.8 Å². The van der Waals surface area contributed by atoms with E-state index in [9.17, 15) is 24.6 Å². The predicted octanol–water partition coefficient (Wildman–Crippen LogP) is 1.98. The number of epoxide rings is 1. The molecule has 3 saturated carbocycles. The molecule has 3 aliphatic carbocycles. The molecule has 4 N–H and O–H groups in total. The number of benzene rings is 1. The zero-order valence-electron chi connectivity index (χ0n) is 29.8. The number of nitrogens with zero attached hydrogens (tertiary/aromatic N) is 1. The minimum Gasteiger partial charge on any atom is -0.458 e. The number of carbonyl (C=O) groups is 3. The zero-order valence-corrected chi connectivity index (χ0v) is 29.8. The minimum atomic E-state index is -1.48. The Morgan fingerprint density at radius 1 is 1.10 bits per heavy atom. The number of nitrogens with one attached hydrogen (secondary N) is 2. The van der Waals surface area contributed by atoms with E-state index in [0.717, 1.165) is 30.4 Å². The normalized spacial score (nSPS) is 41.0. The van der Waals surface area contributed by atoms with E-state index in [1.165, 1.54) is 30.4 Å². The highest BCUT2D eigenvalue weighted by Crippen LogP contribution is 2.60. The van der Waals surface area contributed by atoms with Crippen LogP contribution in [-0.2, 0) is 44.7 Å². The third-order valence-corrected chi connectivity index (χ3v) is 13.0. The molecular formula is C38H51N3O10. The van der Waals surface area contributed by atoms with Crippen molar-refractivity contribution in [1.82, 2.24) is 15.7 Å². The summed E-state index contributed by atoms with van der Waals surface area (Å²) in [5.74, 6) is -0.652. The van der Waals surface area contributed by atoms with Crippen molar-refractivity contribution in [2.24, 2.45) is 22.7 Å². The maximum Gasteiger partial charge on any atom is 0.327 e. The summed E-state index contributed by atoms with van der Waals surface area (Å²) in [6.07, 6.45) is 4.20. The van der Waals surface area contributed by atoms with E-state index in [4.69, 9.17) is 23.8 Å². The summed E-state index contributed by atoms with van der Waals surface area (Å²) in [6.45, 7) is 8.26. The summed E-state index contributed by atoms with van der Waals surface area (Å²) in [6, 6.07) is 5.77. The third-order valence-electron chi connectivity index (χ3n) is 13.0. The second-order valence-electron chi connectivity index (χ2n) is 16.7. The molecule has 2 amide bonds. The fraction of sp³-hybridized carbons (Fsp3) is 0.711. The van der Waals surface area contributed by atoms with Crippen molar-refractivity contribution < 1.29 is 48.4 Å². The SMILES string of the molecule is C[C@H](O)[C@@H](NC(=O)[C@@]12C[C@H]3OC(=O)[C@@H]1N(Cc1ccc(C=C4CCC5O[C@]5(C)CC[C@@H]5[C@@H]4CC5(C)C)cc1)O[C@@H]2[C@H]1OCO[C@H]13)C(=O)NCCO. The molecule has 1 aromatic rings. The molecule has 278 valence electrons. The summed E-state index contributed by atoms with van der Waals surface area (Å²) in [4.78, 5) is 47.5. The lowest BCUT2D eigenvalue weighted by Gasteiger charge is -2.53. The molecule has 12 atom stereocenters. The topological polar surface area (TPSA) is 168 Å². The molecular weight excluding hydrogens is 658 g/mol. The Balaban J connectivity index is 1.04. The maximum absolute atomic E-state index is 14.4. The van der Waals surface area contributed by atoms with Gasteiger partial charge in [0.25, 0.3) is 0 Å². The van der Waals surface area contributed by atoms with E-state index < -0.39 is 65.8 Å². The molecule has 2 bridgehead atoms. The smallest absolute Gasteiger partial charge is 0.327 e. The molecule has 7 aliphatic rings. The zero-order chi connectivity index (χ0) is 35.9. The van der Waals surface area contributed by atoms with Crippen LogP contribution in [0.2, 0.25) is 0 Å². The van der Waals surface area contributed by atoms with E-state index in [1.54, 1.807) is 0 Å². The first-order valence-electron chi connectivity index (χ1n) is 18.6. The molecule has 4 aliphatic heterocycles. The number of hydroxylamine groups is 2. The molecule has 1 unspecified atom stereocenters. The number of amides is 2. The monoisotopic (exact) mass is 709 g/mol. The van der Waals surface area contributed by atoms with Crippen LogP contribution < -0.4 is 10.6 Å². The summed E-state index contributed by atoms with van der Waals surface area (Å²) < 4.78 is 23.7. The molecule has 0 aromatic heterocycles. The van der Waals surface area contributed by atoms with Gasteiger partial charge in [0.15, 0.2) is 6.04 Å². The lowest BCUT2D eigenvalue weighted by atomic mass is 9.52. The summed E-state index contributed by atoms with van der Waals surface area (Å²) in [5, 5.41) is 26.4. The summed E-state index contributed by atoms with van der Waals surface area (Å²) >= 11 is 0. The molecule has 13 heteroatoms. The highest BCUT2D eigenvalue weighted by molar-refractivity contribution is 5.96. The average Bonchev–Trinajstić information content (AvgIpc) is 3.38. The molecule has 7 fully saturated rings. The summed E-state index contributed by atoms with van der Waals surface area (Å²) in [5.41, 5.74) is 2.39. The molecule has 8 rings (SSSR count). The van der Waals surface area contributed by atoms with Gasteiger partial charge < -0.3 is 39.8 Å². The maximum atomic E-state index is 14.4. The molecule has 51 heavy (non-hydrogen) atoms. The van der Waals surface area contributed by atoms with E-state index >= 15 is 0 Å². The quantitative estimate of drug-likeness (QED) is 0.219. The van der Waals surface area contributed by atoms with Crippen LogP contribution in [-0.4, -0.2) is 107 Å². The van der Waals surface area contributed by atoms with E-state index in [2.05, 4.69) is 49.6 Å². The van der Waals surface area contributed by atoms with Gasteiger partial charge in [-0.2, -0.15) is 5.06 Å². The first kappa shape index (κ1) is 35.1. The third kappa shape index (κ3) is 5.93. The number of hydrogen-bond acceptors (Lipinski definition) is 11. The van der Waals surface area contributed by atoms with Crippen molar-refractivity contribution in [2.75, 3.05) is 19.9 Å². The van der Waals surface area contributed by atoms with Crippen LogP contribution in [0.4, 0.5) is 0 Å². The van der Waals surface area contributed by atoms with Crippen molar-refractivity contribution in [3.8, 4) is 0 Å². The standard InChI is InChI=1S/C38H51N3O10/c1-20(43)28(33(44)39-13-14-42)40-35(46)38-17-26-29-30(48-19-47-29)32(38)51-41(31(38)34(45)49-26)18-22-7-5-21(6-8-22)15-23-9-10-27-37(4,50-27)12-11-25-24(23)16-36(25,2)3/h5-8,15,20,24-32,42-43H,9-14,16-19H2,1-4H3,(H,39,44)(H,40,46)/t20-,24+,25+,26+,27?,28+,29-,30-,31-,32+,37+,38-/m0/s1. The number of ether oxygens (including phenoxy) is 4. The van der Waals surface area contributed by atoms with E-state index in [0.29, 0.717) is 23.4 Å². The van der Waals surface area contributed by atoms with Gasteiger partial charge in [-0.05, 0) is 74.3 Å². The van der Waals surface area contributed by atoms with Crippen molar-refractivity contribution in [1.29, 1.82) is 0 Å². The number of aliphatic hydroxyl groups excluding tert-OH is 2. The Morgan fingerprint density at radius 3 is 2.59 bits per heavy atom. The van der Waals surface area contributed by atoms with Gasteiger partial charge in [-0.3, -0.25) is 19.2 Å². The van der Waals surface area contributed by atoms with Crippen LogP contribution in [0, 0.1) is 22.7 Å². The Bertz CT molecular complexity index is 1580. The fourth-order valence-corrected chi connectivity index (χ4v) is 10.1. The molecule has 4 heterocycles. The van der Waals surface area contributed by atoms with Gasteiger partial charge in [0.1, 0.15) is 42.7 Å². The van der Waals surface area contributed by atoms with Crippen molar-refractivity contribution in [3.05, 3.63) is 41.0 Å². The van der Waals surface area contributed by atoms with Crippen LogP contribution >= 0.6 is 0 Å². The molecule has 13 nitrogen and oxygen atoms in total. The lowest BCUT2D eigenvalue weighted by molar-refractivity contribution is -0.201. The average molecular weight is 710 g/mol. The first-order valence-corrected chi connectivity index (χ1v) is 18.6. The first-order chi connectivity index (χ1) is 24.3. The molecule has 1 aromatic carbocycles. The van der Waals surface area contributed by atoms with Crippen molar-refractivity contribution in [3.63, 3.8) is 0 Å². The van der Waals surface area contributed by atoms with Gasteiger partial charge in [0.2, 0.25) is 11.8 Å². The molecule has 0 spiro atoms. The van der Waals surface area contributed by atoms with Gasteiger partial charge in [0.05, 0.1) is 31.0 Å². The fourth-order valence-electron chi connectivity index (χ4n) is 10.1. The number of aliphatic hydroxyl groups is 2. The van der Waals surface area contributed by atoms with E-state index in [-0.39, 0.29) is 38.5 Å². The highest BCUT2D eigenvalue weighted by atomic mass is 16.8. The van der Waals surface area contributed by atoms with Gasteiger partial charge in [0, 0.05) is 13.0 Å². The predicted molar refractivity (Wildman–Crippen MR) is 181 cm³/mol. The van der Waals surface area contributed by atoms with Crippen molar-refractivity contribution in [2.45, 2.75) is 127 Å². The minimum absolute atomic E-state index is 0.0332. The number of rotatable bonds is 9. The second kappa shape index (κ2) is 12.9. The van der Waals surface area contributed by atoms with Gasteiger partial charge in [-0.15, -0.1) is 0 Å². The van der Waals surface area contributed by atoms with Crippen LogP contribution in [0.1, 0.15) is 77.3 Å². The summed E-state index contributed by atoms with van der Waals surface area (Å²) in [7, 11) is 0. The Kier molecular flexibility index (Phi) is 8.88. The molecule has 4 saturated heterocycles. The lowest BCUT2D eigenvalue weighted by Crippen LogP contribution is -2.71. The largest absolute Gasteiger partial charge is 0.458 e. The number of fused-ring (bicyclic) bond motifs is 6. The van der Waals surface area contributed by atoms with Gasteiger partial charge in [-0.1, -0.05) is 49.8 Å². The number of allylic oxidation sites excluding steroid dienone is 1.